The summed E-state index contributed by atoms with van der Waals surface area (Å²) >= 11 is 0. The van der Waals surface area contributed by atoms with Gasteiger partial charge in [0.05, 0.1) is 29.7 Å². The van der Waals surface area contributed by atoms with Crippen LogP contribution in [0.2, 0.25) is 0 Å². The van der Waals surface area contributed by atoms with Gasteiger partial charge in [0.15, 0.2) is 0 Å². The van der Waals surface area contributed by atoms with Crippen molar-refractivity contribution < 1.29 is 14.3 Å². The largest absolute Gasteiger partial charge is 0.365 e. The number of hydrogen-bond donors (Lipinski definition) is 0. The Morgan fingerprint density at radius 3 is 1.95 bits per heavy atom. The van der Waals surface area contributed by atoms with E-state index in [9.17, 15) is 9.59 Å². The third-order valence-electron chi connectivity index (χ3n) is 4.57. The predicted molar refractivity (Wildman–Crippen MR) is 73.2 cm³/mol. The van der Waals surface area contributed by atoms with Gasteiger partial charge in [-0.15, -0.1) is 0 Å². The first kappa shape index (κ1) is 11.9. The monoisotopic (exact) mass is 269 g/mol. The fourth-order valence-electron chi connectivity index (χ4n) is 3.68. The molecule has 0 aliphatic carbocycles. The number of nitrogens with zero attached hydrogens (tertiary/aromatic N) is 1. The van der Waals surface area contributed by atoms with Crippen molar-refractivity contribution >= 4 is 17.5 Å². The number of aryl methyl sites for hydroxylation is 2. The summed E-state index contributed by atoms with van der Waals surface area (Å²) in [5.41, 5.74) is 2.65. The Bertz CT molecular complexity index is 613. The molecule has 0 N–H and O–H groups in total. The Morgan fingerprint density at radius 2 is 1.45 bits per heavy atom. The van der Waals surface area contributed by atoms with Gasteiger partial charge in [0.25, 0.3) is 0 Å². The van der Waals surface area contributed by atoms with Gasteiger partial charge >= 0.3 is 0 Å². The first-order valence-corrected chi connectivity index (χ1v) is 6.87. The number of para-hydroxylation sites is 1. The molecule has 3 aliphatic rings. The molecule has 4 nitrogen and oxygen atoms in total. The van der Waals surface area contributed by atoms with Crippen molar-refractivity contribution in [2.24, 2.45) is 11.8 Å². The summed E-state index contributed by atoms with van der Waals surface area (Å²) < 4.78 is 5.65. The summed E-state index contributed by atoms with van der Waals surface area (Å²) in [5.74, 6) is -0.906. The molecule has 0 unspecified atom stereocenters. The number of carbonyl (C=O) groups excluding carboxylic acids is 2. The number of fused-ring (bicyclic) bond motifs is 5. The van der Waals surface area contributed by atoms with Crippen LogP contribution in [0, 0.1) is 25.7 Å². The molecule has 0 spiro atoms. The molecule has 3 heterocycles. The Kier molecular flexibility index (Phi) is 2.25. The van der Waals surface area contributed by atoms with Gasteiger partial charge in [0, 0.05) is 0 Å². The minimum Gasteiger partial charge on any atom is -0.365 e. The van der Waals surface area contributed by atoms with Crippen LogP contribution in [0.5, 0.6) is 0 Å². The van der Waals surface area contributed by atoms with Crippen molar-refractivity contribution in [3.05, 3.63) is 41.5 Å². The van der Waals surface area contributed by atoms with Crippen LogP contribution in [-0.2, 0) is 14.3 Å². The maximum atomic E-state index is 12.7. The van der Waals surface area contributed by atoms with Crippen molar-refractivity contribution in [1.29, 1.82) is 0 Å². The predicted octanol–water partition coefficient (Wildman–Crippen LogP) is 1.75. The molecule has 2 saturated heterocycles. The second kappa shape index (κ2) is 3.79. The summed E-state index contributed by atoms with van der Waals surface area (Å²) in [7, 11) is 0. The van der Waals surface area contributed by atoms with E-state index < -0.39 is 0 Å². The van der Waals surface area contributed by atoms with E-state index in [1.165, 1.54) is 4.90 Å². The fraction of sp³-hybridized carbons (Fsp3) is 0.375. The highest BCUT2D eigenvalue weighted by molar-refractivity contribution is 6.23. The smallest absolute Gasteiger partial charge is 0.240 e. The molecule has 0 aromatic heterocycles. The summed E-state index contributed by atoms with van der Waals surface area (Å²) in [5, 5.41) is 0. The third-order valence-corrected chi connectivity index (χ3v) is 4.57. The van der Waals surface area contributed by atoms with Crippen LogP contribution < -0.4 is 4.90 Å². The normalized spacial score (nSPS) is 34.2. The maximum absolute atomic E-state index is 12.7. The average Bonchev–Trinajstić information content (AvgIpc) is 3.07. The molecular formula is C16H15NO3. The highest BCUT2D eigenvalue weighted by Gasteiger charge is 2.61. The molecule has 2 fully saturated rings. The van der Waals surface area contributed by atoms with Crippen LogP contribution in [-0.4, -0.2) is 24.0 Å². The van der Waals surface area contributed by atoms with Crippen molar-refractivity contribution in [3.8, 4) is 0 Å². The van der Waals surface area contributed by atoms with E-state index in [4.69, 9.17) is 4.74 Å². The van der Waals surface area contributed by atoms with E-state index in [1.807, 2.05) is 44.2 Å². The molecular weight excluding hydrogens is 254 g/mol. The molecule has 1 aromatic rings. The van der Waals surface area contributed by atoms with Crippen molar-refractivity contribution in [1.82, 2.24) is 0 Å². The van der Waals surface area contributed by atoms with E-state index in [0.29, 0.717) is 0 Å². The summed E-state index contributed by atoms with van der Waals surface area (Å²) in [6.07, 6.45) is 3.36. The minimum atomic E-state index is -0.337. The van der Waals surface area contributed by atoms with E-state index in [2.05, 4.69) is 0 Å². The standard InChI is InChI=1S/C16H15NO3/c1-8-4-3-5-9(2)14(8)17-15(18)12-10-6-7-11(20-10)13(12)16(17)19/h3-7,10-13H,1-2H3/t10-,11+,12+,13-. The van der Waals surface area contributed by atoms with Crippen LogP contribution in [0.3, 0.4) is 0 Å². The number of ether oxygens (including phenoxy) is 1. The minimum absolute atomic E-state index is 0.116. The first-order valence-electron chi connectivity index (χ1n) is 6.87. The van der Waals surface area contributed by atoms with E-state index in [-0.39, 0.29) is 35.9 Å². The van der Waals surface area contributed by atoms with Crippen molar-refractivity contribution in [2.75, 3.05) is 4.90 Å². The van der Waals surface area contributed by atoms with Crippen LogP contribution in [0.1, 0.15) is 11.1 Å². The third kappa shape index (κ3) is 1.29. The number of amides is 2. The lowest BCUT2D eigenvalue weighted by atomic mass is 9.85. The fourth-order valence-corrected chi connectivity index (χ4v) is 3.68. The van der Waals surface area contributed by atoms with Crippen molar-refractivity contribution in [3.63, 3.8) is 0 Å². The molecule has 1 aromatic carbocycles. The van der Waals surface area contributed by atoms with Gasteiger partial charge in [-0.2, -0.15) is 0 Å². The zero-order valence-corrected chi connectivity index (χ0v) is 11.4. The van der Waals surface area contributed by atoms with E-state index in [1.54, 1.807) is 0 Å². The summed E-state index contributed by atoms with van der Waals surface area (Å²) in [6.45, 7) is 3.86. The highest BCUT2D eigenvalue weighted by Crippen LogP contribution is 2.47. The number of carbonyl (C=O) groups is 2. The SMILES string of the molecule is Cc1cccc(C)c1N1C(=O)[C@@H]2[C@H](C1=O)[C@@H]1C=C[C@H]2O1. The van der Waals surface area contributed by atoms with Crippen molar-refractivity contribution in [2.45, 2.75) is 26.1 Å². The van der Waals surface area contributed by atoms with E-state index >= 15 is 0 Å². The molecule has 2 amide bonds. The molecule has 4 heteroatoms. The zero-order chi connectivity index (χ0) is 14.0. The van der Waals surface area contributed by atoms with Gasteiger partial charge in [0.2, 0.25) is 11.8 Å². The summed E-state index contributed by atoms with van der Waals surface area (Å²) in [6, 6.07) is 5.80. The van der Waals surface area contributed by atoms with Gasteiger partial charge in [-0.1, -0.05) is 30.4 Å². The van der Waals surface area contributed by atoms with Gasteiger partial charge in [-0.25, -0.2) is 4.90 Å². The first-order chi connectivity index (χ1) is 9.59. The maximum Gasteiger partial charge on any atom is 0.240 e. The molecule has 0 saturated carbocycles. The van der Waals surface area contributed by atoms with Crippen LogP contribution in [0.15, 0.2) is 30.4 Å². The molecule has 3 aliphatic heterocycles. The second-order valence-electron chi connectivity index (χ2n) is 5.75. The number of rotatable bonds is 1. The topological polar surface area (TPSA) is 46.6 Å². The zero-order valence-electron chi connectivity index (χ0n) is 11.4. The van der Waals surface area contributed by atoms with Crippen LogP contribution >= 0.6 is 0 Å². The lowest BCUT2D eigenvalue weighted by Crippen LogP contribution is -2.35. The second-order valence-corrected chi connectivity index (χ2v) is 5.75. The number of hydrogen-bond acceptors (Lipinski definition) is 3. The molecule has 4 atom stereocenters. The highest BCUT2D eigenvalue weighted by atomic mass is 16.5. The number of anilines is 1. The number of benzene rings is 1. The average molecular weight is 269 g/mol. The quantitative estimate of drug-likeness (QED) is 0.576. The van der Waals surface area contributed by atoms with Crippen LogP contribution in [0.25, 0.3) is 0 Å². The Morgan fingerprint density at radius 1 is 0.950 bits per heavy atom. The Hall–Kier alpha value is -1.94. The Labute approximate surface area is 117 Å². The molecule has 4 rings (SSSR count). The Balaban J connectivity index is 1.82. The lowest BCUT2D eigenvalue weighted by molar-refractivity contribution is -0.124. The molecule has 20 heavy (non-hydrogen) atoms. The number of imide groups is 1. The van der Waals surface area contributed by atoms with Gasteiger partial charge in [-0.3, -0.25) is 9.59 Å². The lowest BCUT2D eigenvalue weighted by Gasteiger charge is -2.21. The van der Waals surface area contributed by atoms with Crippen LogP contribution in [0.4, 0.5) is 5.69 Å². The summed E-state index contributed by atoms with van der Waals surface area (Å²) in [4.78, 5) is 26.8. The molecule has 2 bridgehead atoms. The van der Waals surface area contributed by atoms with E-state index in [0.717, 1.165) is 16.8 Å². The van der Waals surface area contributed by atoms with Gasteiger partial charge in [0.1, 0.15) is 0 Å². The van der Waals surface area contributed by atoms with Gasteiger partial charge < -0.3 is 4.74 Å². The van der Waals surface area contributed by atoms with Gasteiger partial charge in [-0.05, 0) is 25.0 Å². The molecule has 0 radical (unpaired) electrons. The molecule has 102 valence electrons.